The van der Waals surface area contributed by atoms with E-state index in [1.165, 1.54) is 32.1 Å². The van der Waals surface area contributed by atoms with E-state index in [4.69, 9.17) is 4.98 Å². The highest BCUT2D eigenvalue weighted by Crippen LogP contribution is 2.26. The second-order valence-corrected chi connectivity index (χ2v) is 7.05. The Morgan fingerprint density at radius 3 is 2.88 bits per heavy atom. The van der Waals surface area contributed by atoms with E-state index in [1.807, 2.05) is 31.2 Å². The molecule has 5 nitrogen and oxygen atoms in total. The van der Waals surface area contributed by atoms with Crippen LogP contribution in [0.5, 0.6) is 0 Å². The van der Waals surface area contributed by atoms with Crippen molar-refractivity contribution < 1.29 is 0 Å². The summed E-state index contributed by atoms with van der Waals surface area (Å²) >= 11 is 3.54. The number of halogens is 1. The first kappa shape index (κ1) is 17.7. The number of allylic oxidation sites excluding steroid dienone is 4. The lowest BCUT2D eigenvalue weighted by atomic mass is 9.95. The molecule has 1 fully saturated rings. The molecule has 1 saturated carbocycles. The van der Waals surface area contributed by atoms with Crippen LogP contribution in [-0.4, -0.2) is 20.6 Å². The van der Waals surface area contributed by atoms with Gasteiger partial charge in [0.05, 0.1) is 10.7 Å². The molecular weight excluding hydrogens is 378 g/mol. The maximum atomic E-state index is 4.73. The van der Waals surface area contributed by atoms with Gasteiger partial charge in [0.2, 0.25) is 0 Å². The fourth-order valence-electron chi connectivity index (χ4n) is 3.08. The van der Waals surface area contributed by atoms with Crippen LogP contribution in [0.1, 0.15) is 39.0 Å². The highest BCUT2D eigenvalue weighted by molar-refractivity contribution is 9.10. The van der Waals surface area contributed by atoms with Crippen LogP contribution in [0.3, 0.4) is 0 Å². The first-order valence-corrected chi connectivity index (χ1v) is 9.54. The van der Waals surface area contributed by atoms with Gasteiger partial charge in [-0.05, 0) is 41.8 Å². The summed E-state index contributed by atoms with van der Waals surface area (Å²) in [6.07, 6.45) is 15.8. The van der Waals surface area contributed by atoms with Gasteiger partial charge in [0.15, 0.2) is 5.65 Å². The molecule has 132 valence electrons. The lowest BCUT2D eigenvalue weighted by Gasteiger charge is -2.23. The molecule has 0 atom stereocenters. The Morgan fingerprint density at radius 2 is 2.16 bits per heavy atom. The topological polar surface area (TPSA) is 54.2 Å². The summed E-state index contributed by atoms with van der Waals surface area (Å²) in [6.45, 7) is 5.72. The van der Waals surface area contributed by atoms with Gasteiger partial charge >= 0.3 is 0 Å². The molecule has 1 aliphatic carbocycles. The van der Waals surface area contributed by atoms with Crippen molar-refractivity contribution in [3.8, 4) is 0 Å². The molecule has 2 aromatic heterocycles. The van der Waals surface area contributed by atoms with Gasteiger partial charge in [-0.1, -0.05) is 44.1 Å². The van der Waals surface area contributed by atoms with Crippen LogP contribution in [0.15, 0.2) is 53.3 Å². The van der Waals surface area contributed by atoms with E-state index in [2.05, 4.69) is 38.2 Å². The van der Waals surface area contributed by atoms with Crippen LogP contribution in [-0.2, 0) is 0 Å². The Bertz CT molecular complexity index is 799. The molecule has 0 aliphatic heterocycles. The van der Waals surface area contributed by atoms with Crippen molar-refractivity contribution in [1.29, 1.82) is 0 Å². The monoisotopic (exact) mass is 401 g/mol. The predicted octanol–water partition coefficient (Wildman–Crippen LogP) is 5.29. The summed E-state index contributed by atoms with van der Waals surface area (Å²) in [5.41, 5.74) is 1.77. The molecule has 0 amide bonds. The van der Waals surface area contributed by atoms with Gasteiger partial charge < -0.3 is 10.6 Å². The average Bonchev–Trinajstić information content (AvgIpc) is 3.00. The van der Waals surface area contributed by atoms with Crippen molar-refractivity contribution >= 4 is 33.2 Å². The standard InChI is InChI=1S/C19H24BrN5/c1-3-5-9-14(4-2)23-18-12-17(22-15-10-7-6-8-11-15)24-19-16(20)13-21-25(18)19/h3-5,9,12-13,15,23H,1,6-8,10-11H2,2H3,(H,22,24)/b9-5-,14-4+. The third-order valence-corrected chi connectivity index (χ3v) is 4.94. The summed E-state index contributed by atoms with van der Waals surface area (Å²) in [6, 6.07) is 2.52. The van der Waals surface area contributed by atoms with Crippen LogP contribution in [0.4, 0.5) is 11.6 Å². The van der Waals surface area contributed by atoms with Crippen molar-refractivity contribution in [2.24, 2.45) is 0 Å². The average molecular weight is 402 g/mol. The molecule has 0 aromatic carbocycles. The van der Waals surface area contributed by atoms with Gasteiger partial charge in [0.25, 0.3) is 0 Å². The summed E-state index contributed by atoms with van der Waals surface area (Å²) in [7, 11) is 0. The Kier molecular flexibility index (Phi) is 5.91. The molecule has 0 radical (unpaired) electrons. The lowest BCUT2D eigenvalue weighted by Crippen LogP contribution is -2.23. The van der Waals surface area contributed by atoms with Crippen LogP contribution in [0.25, 0.3) is 5.65 Å². The number of rotatable bonds is 6. The lowest BCUT2D eigenvalue weighted by molar-refractivity contribution is 0.462. The minimum atomic E-state index is 0.500. The number of hydrogen-bond acceptors (Lipinski definition) is 4. The van der Waals surface area contributed by atoms with Gasteiger partial charge in [-0.15, -0.1) is 0 Å². The predicted molar refractivity (Wildman–Crippen MR) is 108 cm³/mol. The second-order valence-electron chi connectivity index (χ2n) is 6.20. The third kappa shape index (κ3) is 4.31. The number of aromatic nitrogens is 3. The minimum absolute atomic E-state index is 0.500. The molecule has 2 heterocycles. The van der Waals surface area contributed by atoms with Crippen molar-refractivity contribution in [2.75, 3.05) is 10.6 Å². The van der Waals surface area contributed by atoms with Gasteiger partial charge in [-0.25, -0.2) is 4.98 Å². The fraction of sp³-hybridized carbons (Fsp3) is 0.368. The van der Waals surface area contributed by atoms with Crippen LogP contribution >= 0.6 is 15.9 Å². The van der Waals surface area contributed by atoms with Gasteiger partial charge in [0.1, 0.15) is 11.6 Å². The molecule has 6 heteroatoms. The highest BCUT2D eigenvalue weighted by atomic mass is 79.9. The highest BCUT2D eigenvalue weighted by Gasteiger charge is 2.16. The molecule has 25 heavy (non-hydrogen) atoms. The smallest absolute Gasteiger partial charge is 0.173 e. The van der Waals surface area contributed by atoms with E-state index in [9.17, 15) is 0 Å². The zero-order valence-corrected chi connectivity index (χ0v) is 16.1. The second kappa shape index (κ2) is 8.34. The van der Waals surface area contributed by atoms with Gasteiger partial charge in [-0.3, -0.25) is 0 Å². The van der Waals surface area contributed by atoms with E-state index < -0.39 is 0 Å². The van der Waals surface area contributed by atoms with E-state index >= 15 is 0 Å². The van der Waals surface area contributed by atoms with E-state index in [-0.39, 0.29) is 0 Å². The van der Waals surface area contributed by atoms with E-state index in [0.717, 1.165) is 27.5 Å². The molecular formula is C19H24BrN5. The summed E-state index contributed by atoms with van der Waals surface area (Å²) in [5, 5.41) is 11.4. The Labute approximate surface area is 157 Å². The molecule has 0 bridgehead atoms. The van der Waals surface area contributed by atoms with Crippen LogP contribution in [0, 0.1) is 0 Å². The Hall–Kier alpha value is -2.08. The molecule has 2 N–H and O–H groups in total. The van der Waals surface area contributed by atoms with E-state index in [1.54, 1.807) is 16.8 Å². The van der Waals surface area contributed by atoms with Crippen molar-refractivity contribution in [3.63, 3.8) is 0 Å². The summed E-state index contributed by atoms with van der Waals surface area (Å²) < 4.78 is 2.69. The zero-order chi connectivity index (χ0) is 17.6. The third-order valence-electron chi connectivity index (χ3n) is 4.38. The molecule has 0 saturated heterocycles. The van der Waals surface area contributed by atoms with Gasteiger partial charge in [-0.2, -0.15) is 9.61 Å². The maximum absolute atomic E-state index is 4.73. The SMILES string of the molecule is C=C/C=C\C(=C/C)Nc1cc(NC2CCCCC2)nc2c(Br)cnn12. The van der Waals surface area contributed by atoms with Crippen LogP contribution in [0.2, 0.25) is 0 Å². The number of anilines is 2. The molecule has 0 spiro atoms. The number of nitrogens with one attached hydrogen (secondary N) is 2. The number of fused-ring (bicyclic) bond motifs is 1. The molecule has 0 unspecified atom stereocenters. The van der Waals surface area contributed by atoms with Gasteiger partial charge in [0, 0.05) is 17.8 Å². The molecule has 1 aliphatic rings. The van der Waals surface area contributed by atoms with Crippen LogP contribution < -0.4 is 10.6 Å². The normalized spacial score (nSPS) is 16.5. The Balaban J connectivity index is 1.92. The Morgan fingerprint density at radius 1 is 1.36 bits per heavy atom. The summed E-state index contributed by atoms with van der Waals surface area (Å²) in [4.78, 5) is 4.73. The summed E-state index contributed by atoms with van der Waals surface area (Å²) in [5.74, 6) is 1.75. The van der Waals surface area contributed by atoms with Crippen molar-refractivity contribution in [2.45, 2.75) is 45.1 Å². The quantitative estimate of drug-likeness (QED) is 0.645. The minimum Gasteiger partial charge on any atom is -0.367 e. The number of nitrogens with zero attached hydrogens (tertiary/aromatic N) is 3. The fourth-order valence-corrected chi connectivity index (χ4v) is 3.43. The molecule has 2 aromatic rings. The number of hydrogen-bond donors (Lipinski definition) is 2. The van der Waals surface area contributed by atoms with Crippen molar-refractivity contribution in [3.05, 3.63) is 53.3 Å². The first-order valence-electron chi connectivity index (χ1n) is 8.74. The van der Waals surface area contributed by atoms with E-state index in [0.29, 0.717) is 6.04 Å². The maximum Gasteiger partial charge on any atom is 0.173 e. The zero-order valence-electron chi connectivity index (χ0n) is 14.5. The largest absolute Gasteiger partial charge is 0.367 e. The van der Waals surface area contributed by atoms with Crippen molar-refractivity contribution in [1.82, 2.24) is 14.6 Å². The first-order chi connectivity index (χ1) is 12.2. The molecule has 3 rings (SSSR count).